The molecule has 2 rings (SSSR count). The fourth-order valence-corrected chi connectivity index (χ4v) is 2.44. The third-order valence-electron chi connectivity index (χ3n) is 3.45. The number of hydrogen-bond acceptors (Lipinski definition) is 3. The lowest BCUT2D eigenvalue weighted by molar-refractivity contribution is -0.119. The maximum Gasteiger partial charge on any atom is 0.259 e. The summed E-state index contributed by atoms with van der Waals surface area (Å²) in [6, 6.07) is 7.44. The van der Waals surface area contributed by atoms with Gasteiger partial charge in [0.15, 0.2) is 11.6 Å². The molecule has 6 heteroatoms. The number of amides is 1. The second-order valence-electron chi connectivity index (χ2n) is 5.59. The lowest BCUT2D eigenvalue weighted by atomic mass is 10.1. The fourth-order valence-electron chi connectivity index (χ4n) is 2.44. The van der Waals surface area contributed by atoms with Crippen LogP contribution in [-0.2, 0) is 4.79 Å². The van der Waals surface area contributed by atoms with Crippen LogP contribution in [0.1, 0.15) is 22.3 Å². The van der Waals surface area contributed by atoms with Crippen LogP contribution in [-0.4, -0.2) is 18.7 Å². The number of benzene rings is 2. The van der Waals surface area contributed by atoms with Crippen molar-refractivity contribution in [2.45, 2.75) is 20.8 Å². The lowest BCUT2D eigenvalue weighted by Crippen LogP contribution is -2.26. The molecule has 0 fully saturated rings. The molecule has 0 radical (unpaired) electrons. The molecule has 0 saturated carbocycles. The number of nitrogens with zero attached hydrogens (tertiary/aromatic N) is 1. The molecule has 0 aliphatic heterocycles. The molecule has 1 amide bonds. The van der Waals surface area contributed by atoms with Gasteiger partial charge in [-0.1, -0.05) is 23.8 Å². The van der Waals surface area contributed by atoms with Gasteiger partial charge in [0.25, 0.3) is 5.91 Å². The number of halogens is 2. The monoisotopic (exact) mass is 331 g/mol. The Bertz CT molecular complexity index is 765. The Morgan fingerprint density at radius 2 is 1.75 bits per heavy atom. The molecule has 0 aliphatic carbocycles. The van der Waals surface area contributed by atoms with Gasteiger partial charge >= 0.3 is 0 Å². The molecule has 0 bridgehead atoms. The molecule has 0 unspecified atom stereocenters. The number of carbonyl (C=O) groups is 1. The Balaban J connectivity index is 1.90. The first-order valence-electron chi connectivity index (χ1n) is 7.45. The second-order valence-corrected chi connectivity index (χ2v) is 5.59. The minimum absolute atomic E-state index is 0.0554. The van der Waals surface area contributed by atoms with Gasteiger partial charge in [-0.2, -0.15) is 5.10 Å². The largest absolute Gasteiger partial charge is 0.376 e. The van der Waals surface area contributed by atoms with Crippen molar-refractivity contribution in [3.8, 4) is 0 Å². The van der Waals surface area contributed by atoms with Crippen molar-refractivity contribution < 1.29 is 13.6 Å². The summed E-state index contributed by atoms with van der Waals surface area (Å²) in [6.07, 6.45) is 1.25. The zero-order valence-corrected chi connectivity index (χ0v) is 13.8. The number of nitrogens with one attached hydrogen (secondary N) is 2. The summed E-state index contributed by atoms with van der Waals surface area (Å²) in [5, 5.41) is 6.81. The van der Waals surface area contributed by atoms with Crippen LogP contribution in [0.15, 0.2) is 35.4 Å². The molecule has 24 heavy (non-hydrogen) atoms. The average Bonchev–Trinajstić information content (AvgIpc) is 2.49. The van der Waals surface area contributed by atoms with Crippen LogP contribution >= 0.6 is 0 Å². The van der Waals surface area contributed by atoms with Crippen molar-refractivity contribution in [2.75, 3.05) is 11.9 Å². The molecular formula is C18H19F2N3O. The summed E-state index contributed by atoms with van der Waals surface area (Å²) < 4.78 is 25.8. The number of aryl methyl sites for hydroxylation is 3. The van der Waals surface area contributed by atoms with Crippen LogP contribution < -0.4 is 10.7 Å². The van der Waals surface area contributed by atoms with Crippen molar-refractivity contribution >= 4 is 17.8 Å². The number of carbonyl (C=O) groups excluding carboxylic acids is 1. The van der Waals surface area contributed by atoms with E-state index < -0.39 is 11.6 Å². The molecular weight excluding hydrogens is 312 g/mol. The average molecular weight is 331 g/mol. The van der Waals surface area contributed by atoms with Crippen LogP contribution in [0.4, 0.5) is 14.5 Å². The van der Waals surface area contributed by atoms with Crippen molar-refractivity contribution in [1.29, 1.82) is 0 Å². The highest BCUT2D eigenvalue weighted by Gasteiger charge is 2.06. The van der Waals surface area contributed by atoms with E-state index in [2.05, 4.69) is 15.8 Å². The second kappa shape index (κ2) is 7.68. The van der Waals surface area contributed by atoms with Crippen LogP contribution in [0.2, 0.25) is 0 Å². The fraction of sp³-hybridized carbons (Fsp3) is 0.222. The number of hydrazone groups is 1. The quantitative estimate of drug-likeness (QED) is 0.651. The maximum absolute atomic E-state index is 13.0. The van der Waals surface area contributed by atoms with Gasteiger partial charge in [-0.15, -0.1) is 0 Å². The van der Waals surface area contributed by atoms with Gasteiger partial charge < -0.3 is 5.32 Å². The highest BCUT2D eigenvalue weighted by Crippen LogP contribution is 2.21. The third-order valence-corrected chi connectivity index (χ3v) is 3.45. The summed E-state index contributed by atoms with van der Waals surface area (Å²) in [4.78, 5) is 11.8. The van der Waals surface area contributed by atoms with E-state index in [0.717, 1.165) is 34.5 Å². The number of hydrogen-bond donors (Lipinski definition) is 2. The molecule has 2 N–H and O–H groups in total. The van der Waals surface area contributed by atoms with Gasteiger partial charge in [0.05, 0.1) is 12.8 Å². The molecule has 2 aromatic carbocycles. The zero-order chi connectivity index (χ0) is 17.7. The minimum Gasteiger partial charge on any atom is -0.376 e. The van der Waals surface area contributed by atoms with Crippen molar-refractivity contribution in [3.05, 3.63) is 64.2 Å². The summed E-state index contributed by atoms with van der Waals surface area (Å²) in [5.74, 6) is -2.23. The van der Waals surface area contributed by atoms with Crippen LogP contribution in [0.5, 0.6) is 0 Å². The van der Waals surface area contributed by atoms with Crippen LogP contribution in [0.3, 0.4) is 0 Å². The Morgan fingerprint density at radius 3 is 2.38 bits per heavy atom. The minimum atomic E-state index is -0.961. The predicted molar refractivity (Wildman–Crippen MR) is 91.2 cm³/mol. The highest BCUT2D eigenvalue weighted by molar-refractivity contribution is 5.84. The molecule has 0 aromatic heterocycles. The Labute approximate surface area is 139 Å². The molecule has 4 nitrogen and oxygen atoms in total. The Morgan fingerprint density at radius 1 is 1.08 bits per heavy atom. The van der Waals surface area contributed by atoms with Gasteiger partial charge in [0, 0.05) is 5.69 Å². The molecule has 0 saturated heterocycles. The van der Waals surface area contributed by atoms with Gasteiger partial charge in [0.1, 0.15) is 0 Å². The van der Waals surface area contributed by atoms with Crippen LogP contribution in [0.25, 0.3) is 0 Å². The molecule has 0 atom stereocenters. The summed E-state index contributed by atoms with van der Waals surface area (Å²) in [7, 11) is 0. The van der Waals surface area contributed by atoms with Crippen molar-refractivity contribution in [3.63, 3.8) is 0 Å². The van der Waals surface area contributed by atoms with Gasteiger partial charge in [-0.3, -0.25) is 4.79 Å². The third kappa shape index (κ3) is 4.62. The maximum atomic E-state index is 13.0. The smallest absolute Gasteiger partial charge is 0.259 e. The van der Waals surface area contributed by atoms with E-state index >= 15 is 0 Å². The van der Waals surface area contributed by atoms with E-state index in [0.29, 0.717) is 5.56 Å². The molecule has 0 spiro atoms. The van der Waals surface area contributed by atoms with E-state index in [1.165, 1.54) is 12.3 Å². The highest BCUT2D eigenvalue weighted by atomic mass is 19.2. The first-order chi connectivity index (χ1) is 11.4. The molecule has 0 heterocycles. The first kappa shape index (κ1) is 17.6. The van der Waals surface area contributed by atoms with Gasteiger partial charge in [0.2, 0.25) is 0 Å². The normalized spacial score (nSPS) is 10.9. The lowest BCUT2D eigenvalue weighted by Gasteiger charge is -2.13. The zero-order valence-electron chi connectivity index (χ0n) is 13.8. The van der Waals surface area contributed by atoms with Crippen molar-refractivity contribution in [2.24, 2.45) is 5.10 Å². The Kier molecular flexibility index (Phi) is 5.63. The first-order valence-corrected chi connectivity index (χ1v) is 7.45. The van der Waals surface area contributed by atoms with Crippen LogP contribution in [0, 0.1) is 32.4 Å². The predicted octanol–water partition coefficient (Wildman–Crippen LogP) is 3.45. The standard InChI is InChI=1S/C18H19F2N3O/c1-11-6-12(2)18(13(3)7-11)21-10-17(24)23-22-9-14-4-5-15(19)16(20)8-14/h4-9,21H,10H2,1-3H3,(H,23,24)/b22-9-. The van der Waals surface area contributed by atoms with E-state index in [-0.39, 0.29) is 12.5 Å². The van der Waals surface area contributed by atoms with E-state index in [1.807, 2.05) is 32.9 Å². The van der Waals surface area contributed by atoms with E-state index in [1.54, 1.807) is 0 Å². The summed E-state index contributed by atoms with van der Waals surface area (Å²) in [6.45, 7) is 6.02. The van der Waals surface area contributed by atoms with Crippen molar-refractivity contribution in [1.82, 2.24) is 5.43 Å². The number of anilines is 1. The molecule has 2 aromatic rings. The topological polar surface area (TPSA) is 53.5 Å². The summed E-state index contributed by atoms with van der Waals surface area (Å²) in [5.41, 5.74) is 6.89. The SMILES string of the molecule is Cc1cc(C)c(NCC(=O)N/N=C\c2ccc(F)c(F)c2)c(C)c1. The summed E-state index contributed by atoms with van der Waals surface area (Å²) >= 11 is 0. The molecule has 0 aliphatic rings. The Hall–Kier alpha value is -2.76. The van der Waals surface area contributed by atoms with Gasteiger partial charge in [-0.25, -0.2) is 14.2 Å². The number of rotatable bonds is 5. The molecule has 126 valence electrons. The van der Waals surface area contributed by atoms with E-state index in [9.17, 15) is 13.6 Å². The van der Waals surface area contributed by atoms with Gasteiger partial charge in [-0.05, 0) is 49.6 Å². The van der Waals surface area contributed by atoms with E-state index in [4.69, 9.17) is 0 Å².